The van der Waals surface area contributed by atoms with Gasteiger partial charge in [-0.15, -0.1) is 46.2 Å². The molecule has 6 rings (SSSR count). The standard InChI is InChI=1S/C15H13.C13H10.C8H11.2ClH.Zr/c1-10-3-5-14-12(7-10)9-13-8-11(2)4-6-15(13)14;1-3-7-12(8-4-1)11-13-9-5-2-6-10-13;1-2-5-8-6-3-4-7-8;;;/h3-9H,1-2H3;1-10H;3,6H,2,4-5H2,1H3;2*1H;/q-1;;-1;;;+2/p-2. The van der Waals surface area contributed by atoms with Crippen LogP contribution in [0.3, 0.4) is 0 Å². The third kappa shape index (κ3) is 9.32. The molecule has 0 unspecified atom stereocenters. The summed E-state index contributed by atoms with van der Waals surface area (Å²) in [6, 6.07) is 36.7. The molecular weight excluding hydrogens is 595 g/mol. The molecule has 1 aliphatic rings. The first-order valence-corrected chi connectivity index (χ1v) is 14.3. The van der Waals surface area contributed by atoms with Gasteiger partial charge in [-0.05, 0) is 13.8 Å². The van der Waals surface area contributed by atoms with E-state index in [1.54, 1.807) is 0 Å². The van der Waals surface area contributed by atoms with Crippen molar-refractivity contribution in [1.29, 1.82) is 0 Å². The van der Waals surface area contributed by atoms with Crippen LogP contribution in [0.15, 0.2) is 121 Å². The molecule has 0 N–H and O–H groups in total. The SMILES string of the molecule is CCCC1=[C-]CC=C1.Cc1ccc2c(c1)[cH-]c1cc(C)ccc12.[Cl-].[Cl-].[Zr+2]=[C](c1ccccc1)c1ccccc1. The molecule has 0 nitrogen and oxygen atoms in total. The molecule has 0 saturated carbocycles. The van der Waals surface area contributed by atoms with Crippen LogP contribution in [-0.2, 0) is 24.2 Å². The number of rotatable bonds is 4. The molecule has 0 atom stereocenters. The molecule has 198 valence electrons. The van der Waals surface area contributed by atoms with Crippen molar-refractivity contribution < 1.29 is 49.0 Å². The van der Waals surface area contributed by atoms with Gasteiger partial charge in [0, 0.05) is 0 Å². The van der Waals surface area contributed by atoms with Crippen molar-refractivity contribution in [2.75, 3.05) is 0 Å². The van der Waals surface area contributed by atoms with E-state index in [0.717, 1.165) is 6.42 Å². The predicted molar refractivity (Wildman–Crippen MR) is 158 cm³/mol. The second kappa shape index (κ2) is 16.6. The van der Waals surface area contributed by atoms with E-state index in [4.69, 9.17) is 0 Å². The topological polar surface area (TPSA) is 0 Å². The average Bonchev–Trinajstić information content (AvgIpc) is 3.57. The van der Waals surface area contributed by atoms with Crippen LogP contribution in [-0.4, -0.2) is 3.21 Å². The number of benzene rings is 4. The first-order chi connectivity index (χ1) is 18.0. The van der Waals surface area contributed by atoms with Gasteiger partial charge in [-0.2, -0.15) is 6.08 Å². The molecule has 0 amide bonds. The first-order valence-electron chi connectivity index (χ1n) is 13.1. The predicted octanol–water partition coefficient (Wildman–Crippen LogP) is 3.61. The molecule has 0 aliphatic heterocycles. The third-order valence-corrected chi connectivity index (χ3v) is 7.84. The van der Waals surface area contributed by atoms with E-state index in [9.17, 15) is 0 Å². The Hall–Kier alpha value is -2.44. The van der Waals surface area contributed by atoms with Gasteiger partial charge >= 0.3 is 99.2 Å². The van der Waals surface area contributed by atoms with E-state index >= 15 is 0 Å². The Kier molecular flexibility index (Phi) is 14.0. The van der Waals surface area contributed by atoms with Crippen LogP contribution in [0.25, 0.3) is 21.5 Å². The van der Waals surface area contributed by atoms with Gasteiger partial charge in [-0.3, -0.25) is 6.08 Å². The monoisotopic (exact) mass is 626 g/mol. The fourth-order valence-electron chi connectivity index (χ4n) is 4.53. The zero-order chi connectivity index (χ0) is 26.0. The summed E-state index contributed by atoms with van der Waals surface area (Å²) in [6.07, 6.45) is 11.1. The minimum atomic E-state index is 0. The summed E-state index contributed by atoms with van der Waals surface area (Å²) in [4.78, 5) is 0. The molecule has 0 aromatic heterocycles. The average molecular weight is 629 g/mol. The molecule has 39 heavy (non-hydrogen) atoms. The number of hydrogen-bond acceptors (Lipinski definition) is 0. The second-order valence-electron chi connectivity index (χ2n) is 9.49. The fraction of sp³-hybridized carbons (Fsp3) is 0.167. The van der Waals surface area contributed by atoms with E-state index in [1.807, 2.05) is 0 Å². The van der Waals surface area contributed by atoms with E-state index in [-0.39, 0.29) is 24.8 Å². The quantitative estimate of drug-likeness (QED) is 0.267. The summed E-state index contributed by atoms with van der Waals surface area (Å²) >= 11 is 1.46. The molecule has 5 aromatic rings. The Morgan fingerprint density at radius 3 is 1.64 bits per heavy atom. The van der Waals surface area contributed by atoms with Gasteiger partial charge < -0.3 is 24.8 Å². The van der Waals surface area contributed by atoms with E-state index < -0.39 is 0 Å². The van der Waals surface area contributed by atoms with Crippen molar-refractivity contribution in [3.05, 3.63) is 149 Å². The Bertz CT molecular complexity index is 1430. The Morgan fingerprint density at radius 1 is 0.744 bits per heavy atom. The Balaban J connectivity index is 0.000000209. The molecule has 1 aliphatic carbocycles. The molecule has 5 aromatic carbocycles. The zero-order valence-electron chi connectivity index (χ0n) is 22.8. The van der Waals surface area contributed by atoms with Crippen molar-refractivity contribution in [3.8, 4) is 0 Å². The molecular formula is C36H34Cl2Zr-2. The van der Waals surface area contributed by atoms with Crippen molar-refractivity contribution in [1.82, 2.24) is 0 Å². The van der Waals surface area contributed by atoms with Crippen LogP contribution in [0.2, 0.25) is 0 Å². The van der Waals surface area contributed by atoms with Crippen molar-refractivity contribution >= 4 is 24.8 Å². The molecule has 0 saturated heterocycles. The normalized spacial score (nSPS) is 11.4. The van der Waals surface area contributed by atoms with Gasteiger partial charge in [0.05, 0.1) is 0 Å². The van der Waals surface area contributed by atoms with Crippen molar-refractivity contribution in [2.24, 2.45) is 0 Å². The molecule has 0 heterocycles. The Morgan fingerprint density at radius 2 is 1.23 bits per heavy atom. The zero-order valence-corrected chi connectivity index (χ0v) is 26.8. The number of hydrogen-bond donors (Lipinski definition) is 0. The molecule has 0 fully saturated rings. The molecule has 3 heteroatoms. The second-order valence-corrected chi connectivity index (χ2v) is 10.7. The number of aryl methyl sites for hydroxylation is 2. The number of halogens is 2. The van der Waals surface area contributed by atoms with Gasteiger partial charge in [0.1, 0.15) is 0 Å². The van der Waals surface area contributed by atoms with Gasteiger partial charge in [-0.25, -0.2) is 11.6 Å². The summed E-state index contributed by atoms with van der Waals surface area (Å²) in [6.45, 7) is 6.48. The van der Waals surface area contributed by atoms with Crippen molar-refractivity contribution in [2.45, 2.75) is 40.0 Å². The summed E-state index contributed by atoms with van der Waals surface area (Å²) < 4.78 is 1.42. The van der Waals surface area contributed by atoms with E-state index in [1.165, 1.54) is 89.7 Å². The first kappa shape index (κ1) is 32.8. The molecule has 0 radical (unpaired) electrons. The maximum atomic E-state index is 3.26. The van der Waals surface area contributed by atoms with E-state index in [0.29, 0.717) is 0 Å². The fourth-order valence-corrected chi connectivity index (χ4v) is 5.35. The van der Waals surface area contributed by atoms with Crippen LogP contribution < -0.4 is 24.8 Å². The summed E-state index contributed by atoms with van der Waals surface area (Å²) in [5.74, 6) is 0. The van der Waals surface area contributed by atoms with Crippen LogP contribution in [0, 0.1) is 19.9 Å². The Labute approximate surface area is 261 Å². The van der Waals surface area contributed by atoms with Gasteiger partial charge in [0.2, 0.25) is 0 Å². The van der Waals surface area contributed by atoms with Gasteiger partial charge in [-0.1, -0.05) is 55.2 Å². The maximum absolute atomic E-state index is 3.26. The molecule has 0 bridgehead atoms. The number of fused-ring (bicyclic) bond motifs is 3. The summed E-state index contributed by atoms with van der Waals surface area (Å²) in [5, 5.41) is 5.46. The van der Waals surface area contributed by atoms with Gasteiger partial charge in [0.25, 0.3) is 0 Å². The third-order valence-electron chi connectivity index (χ3n) is 6.43. The van der Waals surface area contributed by atoms with Crippen LogP contribution in [0.5, 0.6) is 0 Å². The van der Waals surface area contributed by atoms with E-state index in [2.05, 4.69) is 142 Å². The van der Waals surface area contributed by atoms with Crippen molar-refractivity contribution in [3.63, 3.8) is 0 Å². The molecule has 0 spiro atoms. The number of allylic oxidation sites excluding steroid dienone is 4. The van der Waals surface area contributed by atoms with Crippen LogP contribution in [0.1, 0.15) is 48.4 Å². The van der Waals surface area contributed by atoms with Crippen LogP contribution >= 0.6 is 0 Å². The summed E-state index contributed by atoms with van der Waals surface area (Å²) in [7, 11) is 0. The van der Waals surface area contributed by atoms with Gasteiger partial charge in [0.15, 0.2) is 0 Å². The minimum absolute atomic E-state index is 0. The summed E-state index contributed by atoms with van der Waals surface area (Å²) in [5.41, 5.74) is 6.71. The van der Waals surface area contributed by atoms with Crippen LogP contribution in [0.4, 0.5) is 0 Å².